The van der Waals surface area contributed by atoms with Crippen LogP contribution in [0.4, 0.5) is 5.69 Å². The zero-order chi connectivity index (χ0) is 13.0. The van der Waals surface area contributed by atoms with Gasteiger partial charge in [0.05, 0.1) is 6.54 Å². The molecule has 0 bridgehead atoms. The minimum atomic E-state index is 0.0879. The highest BCUT2D eigenvalue weighted by Crippen LogP contribution is 2.16. The SMILES string of the molecule is C[C@@H]1CCCCN1CC(=O)Nc1ccc(I)cc1. The summed E-state index contributed by atoms with van der Waals surface area (Å²) in [7, 11) is 0. The van der Waals surface area contributed by atoms with Crippen LogP contribution in [0.5, 0.6) is 0 Å². The molecular formula is C14H19IN2O. The standard InChI is InChI=1S/C14H19IN2O/c1-11-4-2-3-9-17(11)10-14(18)16-13-7-5-12(15)6-8-13/h5-8,11H,2-4,9-10H2,1H3,(H,16,18)/t11-/m1/s1. The number of rotatable bonds is 3. The fourth-order valence-electron chi connectivity index (χ4n) is 2.31. The van der Waals surface area contributed by atoms with E-state index in [-0.39, 0.29) is 5.91 Å². The van der Waals surface area contributed by atoms with Gasteiger partial charge in [-0.1, -0.05) is 6.42 Å². The number of likely N-dealkylation sites (tertiary alicyclic amines) is 1. The van der Waals surface area contributed by atoms with E-state index in [0.29, 0.717) is 12.6 Å². The molecule has 0 spiro atoms. The van der Waals surface area contributed by atoms with Gasteiger partial charge in [0.1, 0.15) is 0 Å². The van der Waals surface area contributed by atoms with E-state index in [4.69, 9.17) is 0 Å². The first kappa shape index (κ1) is 13.8. The highest BCUT2D eigenvalue weighted by Gasteiger charge is 2.20. The molecular weight excluding hydrogens is 339 g/mol. The Morgan fingerprint density at radius 3 is 2.78 bits per heavy atom. The van der Waals surface area contributed by atoms with E-state index >= 15 is 0 Å². The molecule has 3 nitrogen and oxygen atoms in total. The molecule has 1 aromatic carbocycles. The molecule has 0 radical (unpaired) electrons. The molecule has 98 valence electrons. The fourth-order valence-corrected chi connectivity index (χ4v) is 2.67. The van der Waals surface area contributed by atoms with Gasteiger partial charge in [-0.3, -0.25) is 9.69 Å². The van der Waals surface area contributed by atoms with Gasteiger partial charge in [0, 0.05) is 15.3 Å². The van der Waals surface area contributed by atoms with Crippen LogP contribution < -0.4 is 5.32 Å². The molecule has 4 heteroatoms. The maximum absolute atomic E-state index is 12.0. The summed E-state index contributed by atoms with van der Waals surface area (Å²) in [6, 6.07) is 8.42. The zero-order valence-electron chi connectivity index (χ0n) is 10.7. The van der Waals surface area contributed by atoms with Crippen molar-refractivity contribution in [1.82, 2.24) is 4.90 Å². The van der Waals surface area contributed by atoms with Gasteiger partial charge in [-0.2, -0.15) is 0 Å². The average molecular weight is 358 g/mol. The normalized spacial score (nSPS) is 20.7. The lowest BCUT2D eigenvalue weighted by atomic mass is 10.0. The Labute approximate surface area is 122 Å². The van der Waals surface area contributed by atoms with E-state index in [2.05, 4.69) is 39.7 Å². The maximum Gasteiger partial charge on any atom is 0.238 e. The van der Waals surface area contributed by atoms with Gasteiger partial charge in [-0.05, 0) is 73.2 Å². The van der Waals surface area contributed by atoms with Crippen LogP contribution in [0.3, 0.4) is 0 Å². The lowest BCUT2D eigenvalue weighted by Crippen LogP contribution is -2.42. The largest absolute Gasteiger partial charge is 0.325 e. The van der Waals surface area contributed by atoms with Crippen LogP contribution in [0.2, 0.25) is 0 Å². The quantitative estimate of drug-likeness (QED) is 0.843. The summed E-state index contributed by atoms with van der Waals surface area (Å²) >= 11 is 2.26. The summed E-state index contributed by atoms with van der Waals surface area (Å²) < 4.78 is 1.18. The van der Waals surface area contributed by atoms with Crippen LogP contribution in [0.15, 0.2) is 24.3 Å². The van der Waals surface area contributed by atoms with Crippen LogP contribution in [0, 0.1) is 3.57 Å². The molecule has 2 rings (SSSR count). The number of piperidine rings is 1. The number of amides is 1. The topological polar surface area (TPSA) is 32.3 Å². The van der Waals surface area contributed by atoms with Gasteiger partial charge in [0.25, 0.3) is 0 Å². The number of carbonyl (C=O) groups is 1. The number of nitrogens with one attached hydrogen (secondary N) is 1. The van der Waals surface area contributed by atoms with E-state index < -0.39 is 0 Å². The van der Waals surface area contributed by atoms with Gasteiger partial charge < -0.3 is 5.32 Å². The van der Waals surface area contributed by atoms with Crippen molar-refractivity contribution in [3.05, 3.63) is 27.8 Å². The molecule has 0 saturated carbocycles. The monoisotopic (exact) mass is 358 g/mol. The molecule has 1 atom stereocenters. The number of anilines is 1. The summed E-state index contributed by atoms with van der Waals surface area (Å²) in [4.78, 5) is 14.2. The molecule has 1 N–H and O–H groups in total. The van der Waals surface area contributed by atoms with Crippen molar-refractivity contribution in [1.29, 1.82) is 0 Å². The van der Waals surface area contributed by atoms with Gasteiger partial charge in [0.15, 0.2) is 0 Å². The van der Waals surface area contributed by atoms with Crippen LogP contribution in [-0.4, -0.2) is 29.9 Å². The average Bonchev–Trinajstić information content (AvgIpc) is 2.35. The first-order chi connectivity index (χ1) is 8.65. The lowest BCUT2D eigenvalue weighted by molar-refractivity contribution is -0.118. The summed E-state index contributed by atoms with van der Waals surface area (Å²) in [5, 5.41) is 2.95. The molecule has 1 fully saturated rings. The van der Waals surface area contributed by atoms with E-state index in [1.807, 2.05) is 24.3 Å². The van der Waals surface area contributed by atoms with Gasteiger partial charge in [-0.15, -0.1) is 0 Å². The van der Waals surface area contributed by atoms with Gasteiger partial charge in [-0.25, -0.2) is 0 Å². The highest BCUT2D eigenvalue weighted by molar-refractivity contribution is 14.1. The van der Waals surface area contributed by atoms with E-state index in [1.54, 1.807) is 0 Å². The number of benzene rings is 1. The summed E-state index contributed by atoms with van der Waals surface area (Å²) in [6.07, 6.45) is 3.70. The van der Waals surface area contributed by atoms with Crippen molar-refractivity contribution in [3.63, 3.8) is 0 Å². The zero-order valence-corrected chi connectivity index (χ0v) is 12.8. The number of hydrogen-bond donors (Lipinski definition) is 1. The second-order valence-electron chi connectivity index (χ2n) is 4.87. The van der Waals surface area contributed by atoms with Crippen LogP contribution >= 0.6 is 22.6 Å². The summed E-state index contributed by atoms with van der Waals surface area (Å²) in [5.41, 5.74) is 0.880. The van der Waals surface area contributed by atoms with Crippen molar-refractivity contribution in [3.8, 4) is 0 Å². The van der Waals surface area contributed by atoms with Crippen molar-refractivity contribution in [2.45, 2.75) is 32.2 Å². The maximum atomic E-state index is 12.0. The van der Waals surface area contributed by atoms with Crippen molar-refractivity contribution in [2.75, 3.05) is 18.4 Å². The van der Waals surface area contributed by atoms with Crippen LogP contribution in [-0.2, 0) is 4.79 Å². The third-order valence-electron chi connectivity index (χ3n) is 3.42. The third kappa shape index (κ3) is 3.95. The van der Waals surface area contributed by atoms with Gasteiger partial charge >= 0.3 is 0 Å². The number of halogens is 1. The predicted molar refractivity (Wildman–Crippen MR) is 82.7 cm³/mol. The first-order valence-corrected chi connectivity index (χ1v) is 7.52. The minimum absolute atomic E-state index is 0.0879. The lowest BCUT2D eigenvalue weighted by Gasteiger charge is -2.32. The number of carbonyl (C=O) groups excluding carboxylic acids is 1. The number of nitrogens with zero attached hydrogens (tertiary/aromatic N) is 1. The predicted octanol–water partition coefficient (Wildman–Crippen LogP) is 3.10. The third-order valence-corrected chi connectivity index (χ3v) is 4.13. The van der Waals surface area contributed by atoms with Crippen molar-refractivity contribution in [2.24, 2.45) is 0 Å². The van der Waals surface area contributed by atoms with Gasteiger partial charge in [0.2, 0.25) is 5.91 Å². The second kappa shape index (κ2) is 6.52. The fraction of sp³-hybridized carbons (Fsp3) is 0.500. The molecule has 1 amide bonds. The Balaban J connectivity index is 1.86. The molecule has 1 aromatic rings. The minimum Gasteiger partial charge on any atom is -0.325 e. The molecule has 0 unspecified atom stereocenters. The van der Waals surface area contributed by atoms with E-state index in [9.17, 15) is 4.79 Å². The Hall–Kier alpha value is -0.620. The molecule has 0 aromatic heterocycles. The molecule has 18 heavy (non-hydrogen) atoms. The molecule has 1 heterocycles. The molecule has 1 aliphatic heterocycles. The smallest absolute Gasteiger partial charge is 0.238 e. The van der Waals surface area contributed by atoms with E-state index in [0.717, 1.165) is 12.2 Å². The van der Waals surface area contributed by atoms with Crippen LogP contribution in [0.1, 0.15) is 26.2 Å². The summed E-state index contributed by atoms with van der Waals surface area (Å²) in [5.74, 6) is 0.0879. The summed E-state index contributed by atoms with van der Waals surface area (Å²) in [6.45, 7) is 3.76. The first-order valence-electron chi connectivity index (χ1n) is 6.44. The Bertz CT molecular complexity index is 405. The Morgan fingerprint density at radius 2 is 2.11 bits per heavy atom. The number of hydrogen-bond acceptors (Lipinski definition) is 2. The second-order valence-corrected chi connectivity index (χ2v) is 6.12. The van der Waals surface area contributed by atoms with Crippen molar-refractivity contribution >= 4 is 34.2 Å². The molecule has 1 aliphatic rings. The molecule has 0 aliphatic carbocycles. The Morgan fingerprint density at radius 1 is 1.39 bits per heavy atom. The van der Waals surface area contributed by atoms with E-state index in [1.165, 1.54) is 22.8 Å². The van der Waals surface area contributed by atoms with Crippen molar-refractivity contribution < 1.29 is 4.79 Å². The highest BCUT2D eigenvalue weighted by atomic mass is 127. The Kier molecular flexibility index (Phi) is 5.00. The van der Waals surface area contributed by atoms with Crippen LogP contribution in [0.25, 0.3) is 0 Å². The molecule has 1 saturated heterocycles.